The molecule has 3 saturated heterocycles. The van der Waals surface area contributed by atoms with E-state index in [0.717, 1.165) is 55.2 Å². The fourth-order valence-electron chi connectivity index (χ4n) is 9.12. The van der Waals surface area contributed by atoms with Crippen LogP contribution in [0.1, 0.15) is 104 Å². The lowest BCUT2D eigenvalue weighted by Gasteiger charge is -2.48. The molecule has 3 heterocycles. The lowest BCUT2D eigenvalue weighted by atomic mass is 9.62. The average molecular weight is 796 g/mol. The zero-order valence-electron chi connectivity index (χ0n) is 33.6. The summed E-state index contributed by atoms with van der Waals surface area (Å²) >= 11 is 0. The molecule has 7 rings (SSSR count). The van der Waals surface area contributed by atoms with Gasteiger partial charge in [-0.1, -0.05) is 106 Å². The van der Waals surface area contributed by atoms with Gasteiger partial charge >= 0.3 is 5.97 Å². The number of hydrogen-bond acceptors (Lipinski definition) is 10. The Morgan fingerprint density at radius 1 is 0.897 bits per heavy atom. The van der Waals surface area contributed by atoms with E-state index in [-0.39, 0.29) is 50.2 Å². The van der Waals surface area contributed by atoms with Gasteiger partial charge in [0, 0.05) is 37.9 Å². The monoisotopic (exact) mass is 795 g/mol. The molecule has 2 amide bonds. The van der Waals surface area contributed by atoms with Crippen molar-refractivity contribution in [3.8, 4) is 5.75 Å². The molecule has 4 N–H and O–H groups in total. The number of para-hydroxylation sites is 1. The molecule has 4 aliphatic rings. The second-order valence-electron chi connectivity index (χ2n) is 16.1. The van der Waals surface area contributed by atoms with Gasteiger partial charge < -0.3 is 35.1 Å². The van der Waals surface area contributed by atoms with Gasteiger partial charge in [-0.25, -0.2) is 0 Å². The number of nitrogens with one attached hydrogen (secondary N) is 2. The first-order valence-corrected chi connectivity index (χ1v) is 21.0. The summed E-state index contributed by atoms with van der Waals surface area (Å²) in [6, 6.07) is 21.1. The number of rotatable bonds is 19. The molecule has 12 heteroatoms. The van der Waals surface area contributed by atoms with Gasteiger partial charge in [0.15, 0.2) is 11.8 Å². The normalized spacial score (nSPS) is 25.7. The van der Waals surface area contributed by atoms with Crippen LogP contribution in [0.5, 0.6) is 5.75 Å². The number of aliphatic hydroxyl groups excluding tert-OH is 1. The van der Waals surface area contributed by atoms with E-state index in [0.29, 0.717) is 30.4 Å². The average Bonchev–Trinajstić information content (AvgIpc) is 3.78. The molecular formula is C46H57N3O9. The molecular weight excluding hydrogens is 739 g/mol. The van der Waals surface area contributed by atoms with Crippen LogP contribution < -0.4 is 10.6 Å². The second kappa shape index (κ2) is 18.6. The Morgan fingerprint density at radius 2 is 1.64 bits per heavy atom. The molecule has 4 fully saturated rings. The molecule has 1 saturated carbocycles. The summed E-state index contributed by atoms with van der Waals surface area (Å²) in [5.41, 5.74) is 2.40. The van der Waals surface area contributed by atoms with E-state index in [1.807, 2.05) is 54.6 Å². The van der Waals surface area contributed by atoms with E-state index in [1.54, 1.807) is 35.4 Å². The molecule has 12 nitrogen and oxygen atoms in total. The Kier molecular flexibility index (Phi) is 13.3. The Morgan fingerprint density at radius 3 is 2.40 bits per heavy atom. The Bertz CT molecular complexity index is 1940. The molecule has 58 heavy (non-hydrogen) atoms. The first-order valence-electron chi connectivity index (χ1n) is 21.0. The standard InChI is InChI=1S/C46H57N3O9/c1-3-5-9-22-45(23-10-6-4-2)56-38-37-28-46(44(54)48-29-32-16-13-20-35(27-32)42(52)47-24-25-50)40(43(53)55-37)49(58-41(46)39(38)57-45)30-33-17-11-14-31(26-33)15-12-19-34-18-7-8-21-36(34)51/h7-8,11-18,20-21,26-27,37-41,50-51H,3-6,9-10,19,22-25,28-30H2,1-2H3,(H,47,52)(H,48,54)/t37?,38-,39-,40-,41+,46?/m0/s1. The fraction of sp³-hybridized carbons (Fsp3) is 0.500. The molecule has 3 aromatic rings. The van der Waals surface area contributed by atoms with E-state index >= 15 is 0 Å². The first-order chi connectivity index (χ1) is 28.2. The molecule has 0 aromatic heterocycles. The number of ether oxygens (including phenoxy) is 3. The molecule has 3 aromatic carbocycles. The van der Waals surface area contributed by atoms with Crippen molar-refractivity contribution in [2.75, 3.05) is 13.2 Å². The van der Waals surface area contributed by atoms with Gasteiger partial charge in [-0.15, -0.1) is 0 Å². The number of hydrogen-bond donors (Lipinski definition) is 4. The number of carbonyl (C=O) groups excluding carboxylic acids is 3. The van der Waals surface area contributed by atoms with Crippen molar-refractivity contribution in [3.63, 3.8) is 0 Å². The molecule has 310 valence electrons. The van der Waals surface area contributed by atoms with E-state index in [2.05, 4.69) is 24.5 Å². The summed E-state index contributed by atoms with van der Waals surface area (Å²) in [6.45, 7) is 4.60. The quantitative estimate of drug-likeness (QED) is 0.0823. The Labute approximate surface area is 340 Å². The molecule has 6 atom stereocenters. The number of nitrogens with zero attached hydrogens (tertiary/aromatic N) is 1. The minimum atomic E-state index is -1.35. The lowest BCUT2D eigenvalue weighted by Crippen LogP contribution is -2.69. The van der Waals surface area contributed by atoms with E-state index < -0.39 is 47.6 Å². The summed E-state index contributed by atoms with van der Waals surface area (Å²) in [5.74, 6) is -1.83. The molecule has 0 spiro atoms. The fourth-order valence-corrected chi connectivity index (χ4v) is 9.12. The van der Waals surface area contributed by atoms with Gasteiger partial charge in [-0.05, 0) is 59.7 Å². The Balaban J connectivity index is 1.17. The van der Waals surface area contributed by atoms with Crippen LogP contribution in [0, 0.1) is 5.41 Å². The summed E-state index contributed by atoms with van der Waals surface area (Å²) < 4.78 is 20.1. The van der Waals surface area contributed by atoms with Crippen LogP contribution >= 0.6 is 0 Å². The number of aromatic hydroxyl groups is 1. The van der Waals surface area contributed by atoms with Crippen LogP contribution in [0.2, 0.25) is 0 Å². The van der Waals surface area contributed by atoms with Crippen molar-refractivity contribution in [2.24, 2.45) is 5.41 Å². The third kappa shape index (κ3) is 8.72. The number of phenolic OH excluding ortho intramolecular Hbond substituents is 1. The van der Waals surface area contributed by atoms with Crippen molar-refractivity contribution in [1.82, 2.24) is 15.7 Å². The van der Waals surface area contributed by atoms with Gasteiger partial charge in [0.2, 0.25) is 5.91 Å². The number of hydroxylamine groups is 2. The number of amides is 2. The smallest absolute Gasteiger partial charge is 0.327 e. The van der Waals surface area contributed by atoms with Gasteiger partial charge in [-0.2, -0.15) is 5.06 Å². The van der Waals surface area contributed by atoms with Crippen LogP contribution in [0.25, 0.3) is 6.08 Å². The lowest BCUT2D eigenvalue weighted by molar-refractivity contribution is -0.224. The van der Waals surface area contributed by atoms with Crippen molar-refractivity contribution in [2.45, 2.75) is 127 Å². The summed E-state index contributed by atoms with van der Waals surface area (Å²) in [7, 11) is 0. The summed E-state index contributed by atoms with van der Waals surface area (Å²) in [5, 5.41) is 26.8. The number of allylic oxidation sites excluding steroid dienone is 1. The number of carbonyl (C=O) groups is 3. The number of fused-ring (bicyclic) bond motifs is 4. The van der Waals surface area contributed by atoms with Crippen molar-refractivity contribution in [1.29, 1.82) is 0 Å². The van der Waals surface area contributed by atoms with Crippen LogP contribution in [-0.4, -0.2) is 82.5 Å². The van der Waals surface area contributed by atoms with Crippen molar-refractivity contribution in [3.05, 3.63) is 107 Å². The van der Waals surface area contributed by atoms with E-state index in [1.165, 1.54) is 0 Å². The van der Waals surface area contributed by atoms with Crippen LogP contribution in [0.3, 0.4) is 0 Å². The predicted octanol–water partition coefficient (Wildman–Crippen LogP) is 6.13. The van der Waals surface area contributed by atoms with Gasteiger partial charge in [0.25, 0.3) is 5.91 Å². The highest BCUT2D eigenvalue weighted by Gasteiger charge is 2.76. The Hall–Kier alpha value is -4.59. The number of aliphatic hydroxyl groups is 1. The van der Waals surface area contributed by atoms with Crippen LogP contribution in [0.4, 0.5) is 0 Å². The number of unbranched alkanes of at least 4 members (excludes halogenated alkanes) is 4. The summed E-state index contributed by atoms with van der Waals surface area (Å²) in [6.07, 6.45) is 9.38. The maximum absolute atomic E-state index is 14.9. The highest BCUT2D eigenvalue weighted by Crippen LogP contribution is 2.58. The van der Waals surface area contributed by atoms with Crippen molar-refractivity contribution >= 4 is 23.9 Å². The largest absolute Gasteiger partial charge is 0.508 e. The minimum absolute atomic E-state index is 0.111. The minimum Gasteiger partial charge on any atom is -0.508 e. The summed E-state index contributed by atoms with van der Waals surface area (Å²) in [4.78, 5) is 48.7. The third-order valence-corrected chi connectivity index (χ3v) is 12.0. The van der Waals surface area contributed by atoms with E-state index in [4.69, 9.17) is 24.2 Å². The van der Waals surface area contributed by atoms with E-state index in [9.17, 15) is 19.5 Å². The maximum Gasteiger partial charge on any atom is 0.327 e. The van der Waals surface area contributed by atoms with Gasteiger partial charge in [0.05, 0.1) is 13.2 Å². The third-order valence-electron chi connectivity index (χ3n) is 12.0. The molecule has 3 aliphatic heterocycles. The zero-order valence-corrected chi connectivity index (χ0v) is 33.6. The SMILES string of the molecule is CCCCCC1(CCCCC)O[C@@H]2[C@H]3ON(Cc4cccc(C=CCc5ccccc5O)c4)[C@H]4C(=O)OC(CC34C(=O)NCc3cccc(C(=O)NCCO)c3)[C@@H]2O1. The zero-order chi connectivity index (χ0) is 40.7. The second-order valence-corrected chi connectivity index (χ2v) is 16.1. The molecule has 0 radical (unpaired) electrons. The van der Waals surface area contributed by atoms with Gasteiger partial charge in [0.1, 0.15) is 35.6 Å². The predicted molar refractivity (Wildman–Crippen MR) is 217 cm³/mol. The number of esters is 1. The molecule has 1 aliphatic carbocycles. The van der Waals surface area contributed by atoms with Crippen LogP contribution in [0.15, 0.2) is 78.9 Å². The highest BCUT2D eigenvalue weighted by molar-refractivity contribution is 5.95. The topological polar surface area (TPSA) is 156 Å². The van der Waals surface area contributed by atoms with Crippen molar-refractivity contribution < 1.29 is 43.6 Å². The van der Waals surface area contributed by atoms with Gasteiger partial charge in [-0.3, -0.25) is 19.2 Å². The molecule has 2 bridgehead atoms. The highest BCUT2D eigenvalue weighted by atomic mass is 16.8. The first kappa shape index (κ1) is 41.6. The molecule has 2 unspecified atom stereocenters. The van der Waals surface area contributed by atoms with Crippen LogP contribution in [-0.2, 0) is 48.1 Å². The number of phenols is 1. The number of benzene rings is 3. The maximum atomic E-state index is 14.9.